The maximum Gasteiger partial charge on any atom is 0.228 e. The Labute approximate surface area is 70.3 Å². The van der Waals surface area contributed by atoms with Crippen LogP contribution in [0.1, 0.15) is 0 Å². The summed E-state index contributed by atoms with van der Waals surface area (Å²) in [5.41, 5.74) is 0. The first-order chi connectivity index (χ1) is 5.84. The molecule has 1 heterocycles. The Kier molecular flexibility index (Phi) is 3.51. The number of nitrogens with one attached hydrogen (secondary N) is 1. The first-order valence-corrected chi connectivity index (χ1v) is 3.64. The summed E-state index contributed by atoms with van der Waals surface area (Å²) in [6.07, 6.45) is 0. The minimum Gasteiger partial charge on any atom is -0.355 e. The lowest BCUT2D eigenvalue weighted by molar-refractivity contribution is -0.151. The van der Waals surface area contributed by atoms with Crippen LogP contribution in [0.3, 0.4) is 0 Å². The second-order valence-electron chi connectivity index (χ2n) is 2.43. The highest BCUT2D eigenvalue weighted by Gasteiger charge is 2.21. The van der Waals surface area contributed by atoms with Gasteiger partial charge < -0.3 is 14.8 Å². The highest BCUT2D eigenvalue weighted by Crippen LogP contribution is 2.04. The fraction of sp³-hybridized carbons (Fsp3) is 0.714. The molecular formula is C7H10N2O3. The monoisotopic (exact) mass is 170 g/mol. The molecule has 0 aromatic carbocycles. The molecule has 12 heavy (non-hydrogen) atoms. The van der Waals surface area contributed by atoms with Gasteiger partial charge in [0.25, 0.3) is 0 Å². The van der Waals surface area contributed by atoms with Gasteiger partial charge in [-0.3, -0.25) is 4.79 Å². The zero-order chi connectivity index (χ0) is 8.81. The van der Waals surface area contributed by atoms with Crippen LogP contribution in [0.15, 0.2) is 0 Å². The SMILES string of the molecule is N#CCNC(=O)C1COCOC1. The van der Waals surface area contributed by atoms with E-state index >= 15 is 0 Å². The molecule has 1 aliphatic heterocycles. The van der Waals surface area contributed by atoms with Crippen LogP contribution in [0.2, 0.25) is 0 Å². The molecule has 1 fully saturated rings. The van der Waals surface area contributed by atoms with Gasteiger partial charge in [0, 0.05) is 0 Å². The van der Waals surface area contributed by atoms with Gasteiger partial charge in [0.05, 0.1) is 25.2 Å². The van der Waals surface area contributed by atoms with Gasteiger partial charge in [-0.05, 0) is 0 Å². The summed E-state index contributed by atoms with van der Waals surface area (Å²) >= 11 is 0. The molecule has 5 heteroatoms. The summed E-state index contributed by atoms with van der Waals surface area (Å²) in [6, 6.07) is 1.82. The molecule has 0 saturated carbocycles. The first kappa shape index (κ1) is 8.97. The van der Waals surface area contributed by atoms with E-state index in [9.17, 15) is 4.79 Å². The molecule has 66 valence electrons. The third-order valence-electron chi connectivity index (χ3n) is 1.52. The number of nitrogens with zero attached hydrogens (tertiary/aromatic N) is 1. The topological polar surface area (TPSA) is 71.4 Å². The van der Waals surface area contributed by atoms with Crippen LogP contribution in [0, 0.1) is 17.2 Å². The van der Waals surface area contributed by atoms with Gasteiger partial charge >= 0.3 is 0 Å². The van der Waals surface area contributed by atoms with Crippen molar-refractivity contribution in [3.8, 4) is 6.07 Å². The van der Waals surface area contributed by atoms with Crippen molar-refractivity contribution in [3.05, 3.63) is 0 Å². The highest BCUT2D eigenvalue weighted by molar-refractivity contribution is 5.79. The Morgan fingerprint density at radius 2 is 2.25 bits per heavy atom. The highest BCUT2D eigenvalue weighted by atomic mass is 16.7. The van der Waals surface area contributed by atoms with Crippen molar-refractivity contribution in [1.29, 1.82) is 5.26 Å². The van der Waals surface area contributed by atoms with Gasteiger partial charge in [0.1, 0.15) is 13.3 Å². The molecular weight excluding hydrogens is 160 g/mol. The average Bonchev–Trinajstić information content (AvgIpc) is 2.15. The smallest absolute Gasteiger partial charge is 0.228 e. The van der Waals surface area contributed by atoms with E-state index in [1.807, 2.05) is 6.07 Å². The van der Waals surface area contributed by atoms with E-state index in [-0.39, 0.29) is 25.2 Å². The third-order valence-corrected chi connectivity index (χ3v) is 1.52. The predicted octanol–water partition coefficient (Wildman–Crippen LogP) is -0.753. The number of rotatable bonds is 2. The molecule has 0 radical (unpaired) electrons. The van der Waals surface area contributed by atoms with Gasteiger partial charge in [-0.2, -0.15) is 5.26 Å². The maximum atomic E-state index is 11.1. The van der Waals surface area contributed by atoms with Crippen molar-refractivity contribution in [3.63, 3.8) is 0 Å². The van der Waals surface area contributed by atoms with Crippen LogP contribution in [-0.4, -0.2) is 32.5 Å². The summed E-state index contributed by atoms with van der Waals surface area (Å²) in [4.78, 5) is 11.1. The second kappa shape index (κ2) is 4.70. The quantitative estimate of drug-likeness (QED) is 0.553. The van der Waals surface area contributed by atoms with E-state index in [0.29, 0.717) is 13.2 Å². The summed E-state index contributed by atoms with van der Waals surface area (Å²) in [6.45, 7) is 1.03. The van der Waals surface area contributed by atoms with Gasteiger partial charge in [-0.1, -0.05) is 0 Å². The zero-order valence-electron chi connectivity index (χ0n) is 6.58. The van der Waals surface area contributed by atoms with E-state index in [0.717, 1.165) is 0 Å². The van der Waals surface area contributed by atoms with Gasteiger partial charge in [0.2, 0.25) is 5.91 Å². The van der Waals surface area contributed by atoms with Crippen LogP contribution in [0.4, 0.5) is 0 Å². The molecule has 1 rings (SSSR count). The van der Waals surface area contributed by atoms with E-state index < -0.39 is 0 Å². The Morgan fingerprint density at radius 3 is 2.83 bits per heavy atom. The van der Waals surface area contributed by atoms with Crippen molar-refractivity contribution in [1.82, 2.24) is 5.32 Å². The molecule has 0 atom stereocenters. The molecule has 0 aromatic heterocycles. The summed E-state index contributed by atoms with van der Waals surface area (Å²) < 4.78 is 9.83. The Hall–Kier alpha value is -1.12. The fourth-order valence-corrected chi connectivity index (χ4v) is 0.910. The van der Waals surface area contributed by atoms with E-state index in [1.54, 1.807) is 0 Å². The second-order valence-corrected chi connectivity index (χ2v) is 2.43. The molecule has 1 saturated heterocycles. The minimum absolute atomic E-state index is 0.0370. The van der Waals surface area contributed by atoms with Gasteiger partial charge in [-0.15, -0.1) is 0 Å². The lowest BCUT2D eigenvalue weighted by Crippen LogP contribution is -2.38. The van der Waals surface area contributed by atoms with E-state index in [1.165, 1.54) is 0 Å². The van der Waals surface area contributed by atoms with Crippen LogP contribution in [0.25, 0.3) is 0 Å². The average molecular weight is 170 g/mol. The standard InChI is InChI=1S/C7H10N2O3/c8-1-2-9-7(10)6-3-11-5-12-4-6/h6H,2-5H2,(H,9,10). The molecule has 0 bridgehead atoms. The summed E-state index contributed by atoms with van der Waals surface area (Å²) in [5, 5.41) is 10.6. The van der Waals surface area contributed by atoms with Crippen LogP contribution < -0.4 is 5.32 Å². The van der Waals surface area contributed by atoms with Crippen LogP contribution >= 0.6 is 0 Å². The summed E-state index contributed by atoms with van der Waals surface area (Å²) in [5.74, 6) is -0.455. The molecule has 1 amide bonds. The fourth-order valence-electron chi connectivity index (χ4n) is 0.910. The lowest BCUT2D eigenvalue weighted by atomic mass is 10.1. The number of hydrogen-bond donors (Lipinski definition) is 1. The zero-order valence-corrected chi connectivity index (χ0v) is 6.58. The van der Waals surface area contributed by atoms with Crippen molar-refractivity contribution < 1.29 is 14.3 Å². The molecule has 5 nitrogen and oxygen atoms in total. The van der Waals surface area contributed by atoms with Gasteiger partial charge in [0.15, 0.2) is 0 Å². The van der Waals surface area contributed by atoms with Crippen LogP contribution in [-0.2, 0) is 14.3 Å². The summed E-state index contributed by atoms with van der Waals surface area (Å²) in [7, 11) is 0. The molecule has 0 aromatic rings. The molecule has 0 spiro atoms. The van der Waals surface area contributed by atoms with Crippen LogP contribution in [0.5, 0.6) is 0 Å². The number of nitriles is 1. The molecule has 0 aliphatic carbocycles. The Bertz CT molecular complexity index is 193. The number of carbonyl (C=O) groups is 1. The Morgan fingerprint density at radius 1 is 1.58 bits per heavy atom. The lowest BCUT2D eigenvalue weighted by Gasteiger charge is -2.20. The predicted molar refractivity (Wildman–Crippen MR) is 38.9 cm³/mol. The maximum absolute atomic E-state index is 11.1. The number of amides is 1. The van der Waals surface area contributed by atoms with Crippen molar-refractivity contribution in [2.24, 2.45) is 5.92 Å². The molecule has 1 aliphatic rings. The van der Waals surface area contributed by atoms with E-state index in [2.05, 4.69) is 5.32 Å². The van der Waals surface area contributed by atoms with Gasteiger partial charge in [-0.25, -0.2) is 0 Å². The number of ether oxygens (including phenoxy) is 2. The number of carbonyl (C=O) groups excluding carboxylic acids is 1. The third kappa shape index (κ3) is 2.49. The molecule has 1 N–H and O–H groups in total. The normalized spacial score (nSPS) is 18.2. The van der Waals surface area contributed by atoms with E-state index in [4.69, 9.17) is 14.7 Å². The van der Waals surface area contributed by atoms with Crippen molar-refractivity contribution in [2.75, 3.05) is 26.6 Å². The Balaban J connectivity index is 2.26. The molecule has 0 unspecified atom stereocenters. The largest absolute Gasteiger partial charge is 0.355 e. The van der Waals surface area contributed by atoms with Crippen molar-refractivity contribution >= 4 is 5.91 Å². The minimum atomic E-state index is -0.271. The number of hydrogen-bond acceptors (Lipinski definition) is 4. The van der Waals surface area contributed by atoms with Crippen molar-refractivity contribution in [2.45, 2.75) is 0 Å². The first-order valence-electron chi connectivity index (χ1n) is 3.64.